The Balaban J connectivity index is 1.61. The van der Waals surface area contributed by atoms with Gasteiger partial charge in [0.1, 0.15) is 6.04 Å². The molecule has 0 aromatic heterocycles. The minimum absolute atomic E-state index is 0.174. The number of methoxy groups -OCH3 is 1. The van der Waals surface area contributed by atoms with Gasteiger partial charge < -0.3 is 9.64 Å². The number of hydrogen-bond donors (Lipinski definition) is 0. The van der Waals surface area contributed by atoms with Crippen LogP contribution >= 0.6 is 11.6 Å². The van der Waals surface area contributed by atoms with Crippen molar-refractivity contribution in [1.82, 2.24) is 4.90 Å². The first-order valence-corrected chi connectivity index (χ1v) is 11.5. The molecule has 5 rings (SSSR count). The highest BCUT2D eigenvalue weighted by atomic mass is 35.5. The molecule has 2 aromatic rings. The molecule has 0 aliphatic carbocycles. The first-order valence-electron chi connectivity index (χ1n) is 11.1. The molecular weight excluding hydrogens is 440 g/mol. The average Bonchev–Trinajstić information content (AvgIpc) is 3.28. The second-order valence-electron chi connectivity index (χ2n) is 8.81. The van der Waals surface area contributed by atoms with Crippen molar-refractivity contribution >= 4 is 40.5 Å². The largest absolute Gasteiger partial charge is 0.385 e. The number of imide groups is 1. The summed E-state index contributed by atoms with van der Waals surface area (Å²) in [6.45, 7) is 2.77. The third kappa shape index (κ3) is 3.40. The van der Waals surface area contributed by atoms with E-state index in [1.807, 2.05) is 42.2 Å². The second-order valence-corrected chi connectivity index (χ2v) is 9.24. The van der Waals surface area contributed by atoms with Crippen LogP contribution in [0, 0.1) is 11.8 Å². The molecule has 0 bridgehead atoms. The highest BCUT2D eigenvalue weighted by Crippen LogP contribution is 2.50. The number of fused-ring (bicyclic) bond motifs is 5. The van der Waals surface area contributed by atoms with Crippen molar-refractivity contribution in [3.05, 3.63) is 70.8 Å². The van der Waals surface area contributed by atoms with Gasteiger partial charge >= 0.3 is 0 Å². The van der Waals surface area contributed by atoms with Crippen LogP contribution in [-0.2, 0) is 14.3 Å². The van der Waals surface area contributed by atoms with E-state index >= 15 is 0 Å². The molecule has 6 nitrogen and oxygen atoms in total. The summed E-state index contributed by atoms with van der Waals surface area (Å²) < 4.78 is 5.10. The Morgan fingerprint density at radius 1 is 1.03 bits per heavy atom. The topological polar surface area (TPSA) is 66.9 Å². The number of Topliss-reactive ketones (excluding diaryl/α,β-unsaturated/α-hetero) is 1. The normalized spacial score (nSPS) is 25.6. The van der Waals surface area contributed by atoms with Gasteiger partial charge in [-0.05, 0) is 49.2 Å². The van der Waals surface area contributed by atoms with E-state index in [1.54, 1.807) is 31.4 Å². The predicted octanol–water partition coefficient (Wildman–Crippen LogP) is 3.83. The van der Waals surface area contributed by atoms with Gasteiger partial charge in [0.05, 0.1) is 17.9 Å². The SMILES string of the molecule is COCCCN1C(=O)[C@H]2[C@H](C1=O)[C@H](C(=O)c1ccc(Cl)cc1)N1c3ccccc3C(C)=C[C@@H]21. The van der Waals surface area contributed by atoms with E-state index in [0.29, 0.717) is 30.2 Å². The van der Waals surface area contributed by atoms with E-state index in [9.17, 15) is 14.4 Å². The zero-order valence-electron chi connectivity index (χ0n) is 18.5. The zero-order valence-corrected chi connectivity index (χ0v) is 19.3. The minimum atomic E-state index is -0.768. The van der Waals surface area contributed by atoms with E-state index in [0.717, 1.165) is 16.8 Å². The number of rotatable bonds is 6. The van der Waals surface area contributed by atoms with Crippen molar-refractivity contribution in [1.29, 1.82) is 0 Å². The lowest BCUT2D eigenvalue weighted by Gasteiger charge is -2.38. The van der Waals surface area contributed by atoms with Crippen molar-refractivity contribution in [2.75, 3.05) is 25.2 Å². The van der Waals surface area contributed by atoms with Crippen LogP contribution in [0.3, 0.4) is 0 Å². The Kier molecular flexibility index (Phi) is 5.59. The molecule has 3 heterocycles. The van der Waals surface area contributed by atoms with Crippen LogP contribution in [0.1, 0.15) is 29.3 Å². The lowest BCUT2D eigenvalue weighted by atomic mass is 9.85. The van der Waals surface area contributed by atoms with Crippen molar-refractivity contribution < 1.29 is 19.1 Å². The number of nitrogens with zero attached hydrogens (tertiary/aromatic N) is 2. The summed E-state index contributed by atoms with van der Waals surface area (Å²) in [5.74, 6) is -1.97. The first-order chi connectivity index (χ1) is 15.9. The van der Waals surface area contributed by atoms with Crippen LogP contribution in [0.2, 0.25) is 5.02 Å². The molecule has 2 fully saturated rings. The molecule has 33 heavy (non-hydrogen) atoms. The first kappa shape index (κ1) is 21.9. The Hall–Kier alpha value is -2.96. The monoisotopic (exact) mass is 464 g/mol. The van der Waals surface area contributed by atoms with Gasteiger partial charge in [-0.3, -0.25) is 19.3 Å². The summed E-state index contributed by atoms with van der Waals surface area (Å²) >= 11 is 6.04. The second kappa shape index (κ2) is 8.43. The molecule has 0 unspecified atom stereocenters. The smallest absolute Gasteiger partial charge is 0.235 e. The quantitative estimate of drug-likeness (QED) is 0.369. The molecule has 2 aromatic carbocycles. The lowest BCUT2D eigenvalue weighted by molar-refractivity contribution is -0.140. The van der Waals surface area contributed by atoms with Crippen LogP contribution < -0.4 is 4.90 Å². The molecule has 7 heteroatoms. The number of allylic oxidation sites excluding steroid dienone is 1. The molecule has 0 radical (unpaired) electrons. The van der Waals surface area contributed by atoms with E-state index in [1.165, 1.54) is 4.90 Å². The van der Waals surface area contributed by atoms with Gasteiger partial charge in [0.2, 0.25) is 11.8 Å². The van der Waals surface area contributed by atoms with Gasteiger partial charge in [-0.25, -0.2) is 0 Å². The van der Waals surface area contributed by atoms with Crippen LogP contribution in [0.15, 0.2) is 54.6 Å². The zero-order chi connectivity index (χ0) is 23.3. The maximum absolute atomic E-state index is 13.9. The number of carbonyl (C=O) groups is 3. The van der Waals surface area contributed by atoms with E-state index in [2.05, 4.69) is 0 Å². The van der Waals surface area contributed by atoms with Gasteiger partial charge in [-0.2, -0.15) is 0 Å². The van der Waals surface area contributed by atoms with Crippen LogP contribution in [0.25, 0.3) is 5.57 Å². The number of para-hydroxylation sites is 1. The maximum atomic E-state index is 13.9. The molecular formula is C26H25ClN2O4. The molecule has 3 aliphatic rings. The van der Waals surface area contributed by atoms with E-state index in [4.69, 9.17) is 16.3 Å². The average molecular weight is 465 g/mol. The predicted molar refractivity (Wildman–Crippen MR) is 126 cm³/mol. The number of ether oxygens (including phenoxy) is 1. The summed E-state index contributed by atoms with van der Waals surface area (Å²) in [5, 5.41) is 0.534. The maximum Gasteiger partial charge on any atom is 0.235 e. The number of likely N-dealkylation sites (tertiary alicyclic amines) is 1. The van der Waals surface area contributed by atoms with Gasteiger partial charge in [-0.15, -0.1) is 0 Å². The molecule has 170 valence electrons. The fraction of sp³-hybridized carbons (Fsp3) is 0.346. The summed E-state index contributed by atoms with van der Waals surface area (Å²) in [7, 11) is 1.59. The number of hydrogen-bond acceptors (Lipinski definition) is 5. The number of carbonyl (C=O) groups excluding carboxylic acids is 3. The van der Waals surface area contributed by atoms with Crippen molar-refractivity contribution in [2.24, 2.45) is 11.8 Å². The molecule has 4 atom stereocenters. The summed E-state index contributed by atoms with van der Waals surface area (Å²) in [4.78, 5) is 44.3. The Morgan fingerprint density at radius 3 is 2.45 bits per heavy atom. The fourth-order valence-electron chi connectivity index (χ4n) is 5.53. The Labute approximate surface area is 197 Å². The Morgan fingerprint density at radius 2 is 1.73 bits per heavy atom. The van der Waals surface area contributed by atoms with Gasteiger partial charge in [-0.1, -0.05) is 35.9 Å². The molecule has 2 saturated heterocycles. The van der Waals surface area contributed by atoms with Gasteiger partial charge in [0.25, 0.3) is 0 Å². The number of anilines is 1. The highest BCUT2D eigenvalue weighted by Gasteiger charge is 2.64. The third-order valence-electron chi connectivity index (χ3n) is 6.97. The number of halogens is 1. The molecule has 0 saturated carbocycles. The lowest BCUT2D eigenvalue weighted by Crippen LogP contribution is -2.49. The standard InChI is InChI=1S/C26H25ClN2O4/c1-15-14-20-21-22(26(32)28(25(21)31)12-5-13-33-2)23(24(30)16-8-10-17(27)11-9-16)29(20)19-7-4-3-6-18(15)19/h3-4,6-11,14,20-23H,5,12-13H2,1-2H3/t20-,21+,22-,23+/m0/s1. The molecule has 0 N–H and O–H groups in total. The number of ketones is 1. The van der Waals surface area contributed by atoms with Gasteiger partial charge in [0.15, 0.2) is 5.78 Å². The van der Waals surface area contributed by atoms with Crippen molar-refractivity contribution in [3.8, 4) is 0 Å². The van der Waals surface area contributed by atoms with Crippen LogP contribution in [0.4, 0.5) is 5.69 Å². The third-order valence-corrected chi connectivity index (χ3v) is 7.23. The molecule has 2 amide bonds. The van der Waals surface area contributed by atoms with Gasteiger partial charge in [0, 0.05) is 42.1 Å². The molecule has 0 spiro atoms. The number of amides is 2. The summed E-state index contributed by atoms with van der Waals surface area (Å²) in [6, 6.07) is 13.4. The minimum Gasteiger partial charge on any atom is -0.385 e. The summed E-state index contributed by atoms with van der Waals surface area (Å²) in [5.41, 5.74) is 3.42. The van der Waals surface area contributed by atoms with E-state index in [-0.39, 0.29) is 23.6 Å². The fourth-order valence-corrected chi connectivity index (χ4v) is 5.66. The highest BCUT2D eigenvalue weighted by molar-refractivity contribution is 6.30. The van der Waals surface area contributed by atoms with Crippen LogP contribution in [0.5, 0.6) is 0 Å². The van der Waals surface area contributed by atoms with Crippen LogP contribution in [-0.4, -0.2) is 54.8 Å². The van der Waals surface area contributed by atoms with E-state index < -0.39 is 17.9 Å². The summed E-state index contributed by atoms with van der Waals surface area (Å²) in [6.07, 6.45) is 2.61. The van der Waals surface area contributed by atoms with Crippen molar-refractivity contribution in [2.45, 2.75) is 25.4 Å². The Bertz CT molecular complexity index is 1160. The molecule has 3 aliphatic heterocycles. The van der Waals surface area contributed by atoms with Crippen molar-refractivity contribution in [3.63, 3.8) is 0 Å². The number of benzene rings is 2.